The lowest BCUT2D eigenvalue weighted by atomic mass is 10.2. The zero-order valence-electron chi connectivity index (χ0n) is 17.7. The van der Waals surface area contributed by atoms with Gasteiger partial charge in [0.1, 0.15) is 30.0 Å². The lowest BCUT2D eigenvalue weighted by molar-refractivity contribution is 0.576. The Hall–Kier alpha value is -2.76. The highest BCUT2D eigenvalue weighted by Gasteiger charge is 2.27. The Morgan fingerprint density at radius 2 is 1.91 bits per heavy atom. The van der Waals surface area contributed by atoms with E-state index in [0.717, 1.165) is 24.2 Å². The first-order chi connectivity index (χ1) is 15.1. The fourth-order valence-corrected chi connectivity index (χ4v) is 3.65. The third-order valence-electron chi connectivity index (χ3n) is 5.17. The number of guanidine groups is 1. The molecule has 2 N–H and O–H groups in total. The van der Waals surface area contributed by atoms with E-state index in [4.69, 9.17) is 0 Å². The molecule has 0 saturated carbocycles. The fourth-order valence-electron chi connectivity index (χ4n) is 3.65. The number of anilines is 1. The van der Waals surface area contributed by atoms with E-state index in [1.807, 2.05) is 31.2 Å². The molecule has 1 saturated heterocycles. The van der Waals surface area contributed by atoms with Gasteiger partial charge in [0.15, 0.2) is 5.96 Å². The van der Waals surface area contributed by atoms with Crippen LogP contribution in [0.15, 0.2) is 60.1 Å². The quantitative estimate of drug-likeness (QED) is 0.278. The van der Waals surface area contributed by atoms with Crippen molar-refractivity contribution in [3.63, 3.8) is 0 Å². The van der Waals surface area contributed by atoms with Gasteiger partial charge in [0, 0.05) is 25.7 Å². The summed E-state index contributed by atoms with van der Waals surface area (Å²) in [5, 5.41) is 10.7. The van der Waals surface area contributed by atoms with E-state index >= 15 is 0 Å². The van der Waals surface area contributed by atoms with Crippen LogP contribution in [-0.2, 0) is 6.54 Å². The van der Waals surface area contributed by atoms with Crippen LogP contribution in [0, 0.1) is 11.6 Å². The van der Waals surface area contributed by atoms with Gasteiger partial charge in [-0.2, -0.15) is 5.10 Å². The number of hydrogen-bond donors (Lipinski definition) is 2. The van der Waals surface area contributed by atoms with Crippen molar-refractivity contribution in [2.45, 2.75) is 25.9 Å². The van der Waals surface area contributed by atoms with Crippen LogP contribution in [0.2, 0.25) is 0 Å². The fraction of sp³-hybridized carbons (Fsp3) is 0.318. The standard InChI is InChI=1S/C22H25F2N7.HI/c1-2-26-22(27-12-16-6-8-18(9-7-16)31-15-25-14-28-31)29-17-10-11-30(13-17)21-19(23)4-3-5-20(21)24;/h3-9,14-15,17H,2,10-13H2,1H3,(H2,26,27,29);1H. The highest BCUT2D eigenvalue weighted by Crippen LogP contribution is 2.26. The lowest BCUT2D eigenvalue weighted by Crippen LogP contribution is -2.44. The van der Waals surface area contributed by atoms with E-state index in [-0.39, 0.29) is 35.7 Å². The van der Waals surface area contributed by atoms with Crippen molar-refractivity contribution in [3.8, 4) is 5.69 Å². The van der Waals surface area contributed by atoms with Gasteiger partial charge < -0.3 is 15.5 Å². The zero-order chi connectivity index (χ0) is 21.6. The molecular weight excluding hydrogens is 527 g/mol. The van der Waals surface area contributed by atoms with Crippen LogP contribution < -0.4 is 15.5 Å². The molecule has 1 unspecified atom stereocenters. The number of nitrogens with one attached hydrogen (secondary N) is 2. The SMILES string of the molecule is CCNC(=NCc1ccc(-n2cncn2)cc1)NC1CCN(c2c(F)cccc2F)C1.I. The predicted molar refractivity (Wildman–Crippen MR) is 132 cm³/mol. The van der Waals surface area contributed by atoms with Gasteiger partial charge in [0.05, 0.1) is 12.2 Å². The number of aromatic nitrogens is 3. The highest BCUT2D eigenvalue weighted by atomic mass is 127. The Labute approximate surface area is 203 Å². The van der Waals surface area contributed by atoms with Gasteiger partial charge >= 0.3 is 0 Å². The summed E-state index contributed by atoms with van der Waals surface area (Å²) in [6.45, 7) is 4.31. The number of benzene rings is 2. The molecule has 1 aliphatic heterocycles. The van der Waals surface area contributed by atoms with Crippen molar-refractivity contribution >= 4 is 35.6 Å². The number of hydrogen-bond acceptors (Lipinski definition) is 4. The highest BCUT2D eigenvalue weighted by molar-refractivity contribution is 14.0. The van der Waals surface area contributed by atoms with Gasteiger partial charge in [0.25, 0.3) is 0 Å². The van der Waals surface area contributed by atoms with Gasteiger partial charge in [-0.25, -0.2) is 23.4 Å². The van der Waals surface area contributed by atoms with Crippen LogP contribution in [0.25, 0.3) is 5.69 Å². The van der Waals surface area contributed by atoms with Crippen molar-refractivity contribution in [2.75, 3.05) is 24.5 Å². The largest absolute Gasteiger partial charge is 0.365 e. The molecule has 10 heteroatoms. The summed E-state index contributed by atoms with van der Waals surface area (Å²) >= 11 is 0. The topological polar surface area (TPSA) is 70.4 Å². The van der Waals surface area contributed by atoms with E-state index in [2.05, 4.69) is 25.7 Å². The van der Waals surface area contributed by atoms with Crippen molar-refractivity contribution in [2.24, 2.45) is 4.99 Å². The Balaban J connectivity index is 0.00000289. The summed E-state index contributed by atoms with van der Waals surface area (Å²) in [7, 11) is 0. The minimum Gasteiger partial charge on any atom is -0.365 e. The number of aliphatic imine (C=N–C) groups is 1. The predicted octanol–water partition coefficient (Wildman–Crippen LogP) is 3.50. The zero-order valence-corrected chi connectivity index (χ0v) is 20.0. The van der Waals surface area contributed by atoms with Crippen LogP contribution in [-0.4, -0.2) is 46.4 Å². The molecule has 1 aliphatic rings. The lowest BCUT2D eigenvalue weighted by Gasteiger charge is -2.21. The van der Waals surface area contributed by atoms with E-state index < -0.39 is 11.6 Å². The molecule has 2 heterocycles. The normalized spacial score (nSPS) is 16.0. The molecule has 170 valence electrons. The molecule has 1 atom stereocenters. The Bertz CT molecular complexity index is 1010. The number of para-hydroxylation sites is 1. The third kappa shape index (κ3) is 5.72. The van der Waals surface area contributed by atoms with Gasteiger partial charge in [-0.15, -0.1) is 24.0 Å². The van der Waals surface area contributed by atoms with Gasteiger partial charge in [-0.05, 0) is 43.2 Å². The van der Waals surface area contributed by atoms with Crippen LogP contribution >= 0.6 is 24.0 Å². The first-order valence-electron chi connectivity index (χ1n) is 10.3. The first kappa shape index (κ1) is 23.9. The molecule has 2 aromatic carbocycles. The molecule has 0 radical (unpaired) electrons. The number of halogens is 3. The molecule has 4 rings (SSSR count). The monoisotopic (exact) mass is 553 g/mol. The molecule has 1 fully saturated rings. The van der Waals surface area contributed by atoms with E-state index in [1.54, 1.807) is 15.9 Å². The molecular formula is C22H26F2IN7. The maximum absolute atomic E-state index is 14.1. The Morgan fingerprint density at radius 1 is 1.16 bits per heavy atom. The minimum atomic E-state index is -0.532. The maximum Gasteiger partial charge on any atom is 0.191 e. The van der Waals surface area contributed by atoms with Crippen molar-refractivity contribution in [1.82, 2.24) is 25.4 Å². The maximum atomic E-state index is 14.1. The van der Waals surface area contributed by atoms with Crippen molar-refractivity contribution in [1.29, 1.82) is 0 Å². The second kappa shape index (κ2) is 11.2. The molecule has 0 bridgehead atoms. The molecule has 7 nitrogen and oxygen atoms in total. The third-order valence-corrected chi connectivity index (χ3v) is 5.17. The number of rotatable bonds is 6. The average molecular weight is 553 g/mol. The molecule has 1 aromatic heterocycles. The van der Waals surface area contributed by atoms with E-state index in [9.17, 15) is 8.78 Å². The summed E-state index contributed by atoms with van der Waals surface area (Å²) in [6, 6.07) is 12.0. The summed E-state index contributed by atoms with van der Waals surface area (Å²) in [6.07, 6.45) is 3.92. The molecule has 3 aromatic rings. The van der Waals surface area contributed by atoms with Crippen LogP contribution in [0.4, 0.5) is 14.5 Å². The molecule has 0 aliphatic carbocycles. The molecule has 0 spiro atoms. The van der Waals surface area contributed by atoms with E-state index in [1.165, 1.54) is 24.5 Å². The Morgan fingerprint density at radius 3 is 2.56 bits per heavy atom. The molecule has 0 amide bonds. The number of nitrogens with zero attached hydrogens (tertiary/aromatic N) is 5. The van der Waals surface area contributed by atoms with Gasteiger partial charge in [-0.3, -0.25) is 0 Å². The second-order valence-corrected chi connectivity index (χ2v) is 7.35. The smallest absolute Gasteiger partial charge is 0.191 e. The van der Waals surface area contributed by atoms with Crippen LogP contribution in [0.5, 0.6) is 0 Å². The summed E-state index contributed by atoms with van der Waals surface area (Å²) in [5.41, 5.74) is 2.03. The summed E-state index contributed by atoms with van der Waals surface area (Å²) in [4.78, 5) is 10.4. The average Bonchev–Trinajstić information content (AvgIpc) is 3.45. The first-order valence-corrected chi connectivity index (χ1v) is 10.3. The van der Waals surface area contributed by atoms with Crippen LogP contribution in [0.1, 0.15) is 18.9 Å². The van der Waals surface area contributed by atoms with Crippen molar-refractivity contribution in [3.05, 3.63) is 72.3 Å². The Kier molecular flexibility index (Phi) is 8.37. The summed E-state index contributed by atoms with van der Waals surface area (Å²) in [5.74, 6) is -0.380. The molecule has 32 heavy (non-hydrogen) atoms. The van der Waals surface area contributed by atoms with E-state index in [0.29, 0.717) is 25.6 Å². The summed E-state index contributed by atoms with van der Waals surface area (Å²) < 4.78 is 29.9. The van der Waals surface area contributed by atoms with Crippen molar-refractivity contribution < 1.29 is 8.78 Å². The van der Waals surface area contributed by atoms with Gasteiger partial charge in [0.2, 0.25) is 0 Å². The van der Waals surface area contributed by atoms with Gasteiger partial charge in [-0.1, -0.05) is 18.2 Å². The van der Waals surface area contributed by atoms with Crippen LogP contribution in [0.3, 0.4) is 0 Å². The second-order valence-electron chi connectivity index (χ2n) is 7.35. The minimum absolute atomic E-state index is 0.